The van der Waals surface area contributed by atoms with Crippen LogP contribution in [-0.4, -0.2) is 36.4 Å². The molecule has 0 atom stereocenters. The molecule has 7 heteroatoms. The number of guanidine groups is 1. The van der Waals surface area contributed by atoms with Gasteiger partial charge in [0.15, 0.2) is 11.7 Å². The van der Waals surface area contributed by atoms with Gasteiger partial charge in [0.05, 0.1) is 0 Å². The first-order valence-corrected chi connectivity index (χ1v) is 8.04. The van der Waals surface area contributed by atoms with E-state index in [1.165, 1.54) is 25.7 Å². The molecular formula is C16H25IN4O2. The monoisotopic (exact) mass is 432 g/mol. The van der Waals surface area contributed by atoms with Gasteiger partial charge in [0.2, 0.25) is 0 Å². The highest BCUT2D eigenvalue weighted by Gasteiger charge is 2.43. The van der Waals surface area contributed by atoms with Gasteiger partial charge in [-0.1, -0.05) is 6.42 Å². The van der Waals surface area contributed by atoms with Gasteiger partial charge in [-0.15, -0.1) is 24.0 Å². The number of amides is 1. The van der Waals surface area contributed by atoms with E-state index in [0.717, 1.165) is 25.6 Å². The fourth-order valence-corrected chi connectivity index (χ4v) is 3.37. The molecule has 2 heterocycles. The molecule has 1 spiro atoms. The molecule has 1 saturated heterocycles. The molecule has 2 fully saturated rings. The van der Waals surface area contributed by atoms with Crippen LogP contribution in [0.1, 0.15) is 48.9 Å². The van der Waals surface area contributed by atoms with E-state index in [1.807, 2.05) is 0 Å². The van der Waals surface area contributed by atoms with E-state index in [4.69, 9.17) is 10.2 Å². The van der Waals surface area contributed by atoms with Gasteiger partial charge in [-0.2, -0.15) is 0 Å². The highest BCUT2D eigenvalue weighted by atomic mass is 127. The van der Waals surface area contributed by atoms with Crippen LogP contribution >= 0.6 is 24.0 Å². The van der Waals surface area contributed by atoms with Gasteiger partial charge in [0.1, 0.15) is 12.3 Å². The molecule has 3 rings (SSSR count). The quantitative estimate of drug-likeness (QED) is 0.435. The number of likely N-dealkylation sites (tertiary alicyclic amines) is 1. The lowest BCUT2D eigenvalue weighted by Gasteiger charge is -2.38. The lowest BCUT2D eigenvalue weighted by molar-refractivity contribution is 0.0972. The smallest absolute Gasteiger partial charge is 0.284 e. The Morgan fingerprint density at radius 1 is 1.43 bits per heavy atom. The van der Waals surface area contributed by atoms with Crippen LogP contribution in [0.3, 0.4) is 0 Å². The zero-order valence-electron chi connectivity index (χ0n) is 13.5. The third-order valence-electron chi connectivity index (χ3n) is 4.78. The number of nitrogens with one attached hydrogen (secondary N) is 1. The molecule has 1 saturated carbocycles. The van der Waals surface area contributed by atoms with Crippen LogP contribution in [0.2, 0.25) is 0 Å². The van der Waals surface area contributed by atoms with Crippen LogP contribution in [0.15, 0.2) is 21.5 Å². The maximum Gasteiger partial charge on any atom is 0.284 e. The van der Waals surface area contributed by atoms with E-state index in [9.17, 15) is 4.79 Å². The average Bonchev–Trinajstić information content (AvgIpc) is 3.09. The molecule has 1 aromatic rings. The Morgan fingerprint density at radius 3 is 2.74 bits per heavy atom. The summed E-state index contributed by atoms with van der Waals surface area (Å²) in [7, 11) is 0. The van der Waals surface area contributed by atoms with Crippen molar-refractivity contribution in [1.29, 1.82) is 0 Å². The fourth-order valence-electron chi connectivity index (χ4n) is 3.37. The zero-order valence-corrected chi connectivity index (χ0v) is 15.8. The predicted molar refractivity (Wildman–Crippen MR) is 99.9 cm³/mol. The molecule has 6 nitrogen and oxygen atoms in total. The fraction of sp³-hybridized carbons (Fsp3) is 0.625. The summed E-state index contributed by atoms with van der Waals surface area (Å²) in [5.41, 5.74) is 5.73. The molecule has 0 unspecified atom stereocenters. The van der Waals surface area contributed by atoms with Crippen molar-refractivity contribution < 1.29 is 9.21 Å². The average molecular weight is 432 g/mol. The Bertz CT molecular complexity index is 580. The van der Waals surface area contributed by atoms with Gasteiger partial charge in [-0.3, -0.25) is 4.79 Å². The summed E-state index contributed by atoms with van der Waals surface area (Å²) in [6.07, 6.45) is 5.33. The van der Waals surface area contributed by atoms with E-state index in [-0.39, 0.29) is 29.7 Å². The second kappa shape index (κ2) is 7.55. The molecule has 2 aliphatic rings. The van der Waals surface area contributed by atoms with Crippen molar-refractivity contribution in [3.8, 4) is 0 Å². The number of halogens is 1. The summed E-state index contributed by atoms with van der Waals surface area (Å²) in [4.78, 5) is 18.0. The number of hydrogen-bond acceptors (Lipinski definition) is 3. The van der Waals surface area contributed by atoms with E-state index in [2.05, 4.69) is 22.1 Å². The van der Waals surface area contributed by atoms with Gasteiger partial charge in [-0.25, -0.2) is 4.99 Å². The number of aliphatic imine (C=N–C) groups is 1. The molecule has 1 amide bonds. The number of primary amides is 1. The van der Waals surface area contributed by atoms with Crippen molar-refractivity contribution in [3.05, 3.63) is 23.7 Å². The number of furan rings is 1. The van der Waals surface area contributed by atoms with Crippen molar-refractivity contribution >= 4 is 35.8 Å². The van der Waals surface area contributed by atoms with Crippen molar-refractivity contribution in [2.24, 2.45) is 16.1 Å². The first-order valence-electron chi connectivity index (χ1n) is 8.04. The topological polar surface area (TPSA) is 83.9 Å². The highest BCUT2D eigenvalue weighted by Crippen LogP contribution is 2.47. The van der Waals surface area contributed by atoms with Gasteiger partial charge in [0, 0.05) is 19.6 Å². The normalized spacial score (nSPS) is 19.3. The van der Waals surface area contributed by atoms with Crippen molar-refractivity contribution in [2.45, 2.75) is 39.2 Å². The summed E-state index contributed by atoms with van der Waals surface area (Å²) < 4.78 is 5.38. The summed E-state index contributed by atoms with van der Waals surface area (Å²) in [6, 6.07) is 3.35. The van der Waals surface area contributed by atoms with Crippen LogP contribution < -0.4 is 11.1 Å². The molecule has 1 aliphatic carbocycles. The largest absolute Gasteiger partial charge is 0.454 e. The third-order valence-corrected chi connectivity index (χ3v) is 4.78. The molecular weight excluding hydrogens is 407 g/mol. The van der Waals surface area contributed by atoms with Crippen LogP contribution in [0.25, 0.3) is 0 Å². The lowest BCUT2D eigenvalue weighted by atomic mass is 9.68. The Balaban J connectivity index is 0.00000192. The van der Waals surface area contributed by atoms with E-state index < -0.39 is 5.91 Å². The zero-order chi connectivity index (χ0) is 15.6. The van der Waals surface area contributed by atoms with Gasteiger partial charge in [-0.05, 0) is 43.7 Å². The summed E-state index contributed by atoms with van der Waals surface area (Å²) in [6.45, 7) is 5.50. The summed E-state index contributed by atoms with van der Waals surface area (Å²) in [5, 5.41) is 3.35. The molecule has 128 valence electrons. The van der Waals surface area contributed by atoms with Crippen molar-refractivity contribution in [3.63, 3.8) is 0 Å². The Kier molecular flexibility index (Phi) is 5.94. The number of nitrogens with two attached hydrogens (primary N) is 1. The molecule has 0 bridgehead atoms. The van der Waals surface area contributed by atoms with Gasteiger partial charge < -0.3 is 20.4 Å². The van der Waals surface area contributed by atoms with E-state index >= 15 is 0 Å². The standard InChI is InChI=1S/C16H24N4O2.HI/c1-2-18-15(20-9-8-16(11-20)6-3-7-16)19-10-12-4-5-13(22-12)14(17)21;/h4-5H,2-3,6-11H2,1H3,(H2,17,21)(H,18,19);1H. The summed E-state index contributed by atoms with van der Waals surface area (Å²) in [5.74, 6) is 1.23. The molecule has 1 aromatic heterocycles. The minimum atomic E-state index is -0.548. The van der Waals surface area contributed by atoms with Crippen LogP contribution in [0.5, 0.6) is 0 Å². The second-order valence-electron chi connectivity index (χ2n) is 6.33. The highest BCUT2D eigenvalue weighted by molar-refractivity contribution is 14.0. The van der Waals surface area contributed by atoms with E-state index in [0.29, 0.717) is 17.7 Å². The minimum absolute atomic E-state index is 0. The number of nitrogens with zero attached hydrogens (tertiary/aromatic N) is 2. The first kappa shape index (κ1) is 18.1. The minimum Gasteiger partial charge on any atom is -0.454 e. The Morgan fingerprint density at radius 2 is 2.22 bits per heavy atom. The van der Waals surface area contributed by atoms with E-state index in [1.54, 1.807) is 12.1 Å². The maximum absolute atomic E-state index is 11.0. The summed E-state index contributed by atoms with van der Waals surface area (Å²) >= 11 is 0. The maximum atomic E-state index is 11.0. The molecule has 23 heavy (non-hydrogen) atoms. The van der Waals surface area contributed by atoms with Gasteiger partial charge >= 0.3 is 0 Å². The third kappa shape index (κ3) is 3.99. The molecule has 0 aromatic carbocycles. The number of carbonyl (C=O) groups excluding carboxylic acids is 1. The van der Waals surface area contributed by atoms with Gasteiger partial charge in [0.25, 0.3) is 5.91 Å². The second-order valence-corrected chi connectivity index (χ2v) is 6.33. The van der Waals surface area contributed by atoms with Crippen LogP contribution in [-0.2, 0) is 6.54 Å². The van der Waals surface area contributed by atoms with Crippen LogP contribution in [0, 0.1) is 5.41 Å². The Labute approximate surface area is 153 Å². The van der Waals surface area contributed by atoms with Crippen molar-refractivity contribution in [1.82, 2.24) is 10.2 Å². The number of rotatable bonds is 4. The molecule has 0 radical (unpaired) electrons. The van der Waals surface area contributed by atoms with Crippen molar-refractivity contribution in [2.75, 3.05) is 19.6 Å². The Hall–Kier alpha value is -1.25. The molecule has 3 N–H and O–H groups in total. The number of carbonyl (C=O) groups is 1. The predicted octanol–water partition coefficient (Wildman–Crippen LogP) is 2.34. The SMILES string of the molecule is CCNC(=NCc1ccc(C(N)=O)o1)N1CCC2(CCC2)C1.I. The number of hydrogen-bond donors (Lipinski definition) is 2. The molecule has 1 aliphatic heterocycles. The van der Waals surface area contributed by atoms with Crippen LogP contribution in [0.4, 0.5) is 0 Å². The lowest BCUT2D eigenvalue weighted by Crippen LogP contribution is -2.42. The first-order chi connectivity index (χ1) is 10.6.